The van der Waals surface area contributed by atoms with E-state index in [1.165, 1.54) is 6.20 Å². The zero-order chi connectivity index (χ0) is 15.5. The van der Waals surface area contributed by atoms with Gasteiger partial charge in [-0.05, 0) is 19.9 Å². The third kappa shape index (κ3) is 3.69. The summed E-state index contributed by atoms with van der Waals surface area (Å²) in [4.78, 5) is 13.1. The van der Waals surface area contributed by atoms with E-state index in [2.05, 4.69) is 32.1 Å². The maximum absolute atomic E-state index is 13.7. The highest BCUT2D eigenvalue weighted by atomic mass is 32.1. The van der Waals surface area contributed by atoms with Gasteiger partial charge in [0.15, 0.2) is 0 Å². The largest absolute Gasteiger partial charge is 0.295 e. The molecule has 0 spiro atoms. The Balaban J connectivity index is 1.57. The van der Waals surface area contributed by atoms with Crippen LogP contribution in [-0.2, 0) is 13.1 Å². The number of nitrogens with zero attached hydrogens (tertiary/aromatic N) is 4. The van der Waals surface area contributed by atoms with Crippen molar-refractivity contribution >= 4 is 11.3 Å². The van der Waals surface area contributed by atoms with Crippen molar-refractivity contribution in [3.8, 4) is 0 Å². The van der Waals surface area contributed by atoms with E-state index in [1.54, 1.807) is 23.6 Å². The zero-order valence-corrected chi connectivity index (χ0v) is 13.8. The maximum Gasteiger partial charge on any atom is 0.145 e. The molecular weight excluding hydrogens is 299 g/mol. The van der Waals surface area contributed by atoms with Gasteiger partial charge in [0.05, 0.1) is 16.9 Å². The van der Waals surface area contributed by atoms with Crippen molar-refractivity contribution < 1.29 is 4.39 Å². The molecule has 2 aromatic heterocycles. The topological polar surface area (TPSA) is 32.3 Å². The van der Waals surface area contributed by atoms with Gasteiger partial charge in [0.2, 0.25) is 0 Å². The van der Waals surface area contributed by atoms with Crippen LogP contribution in [0.15, 0.2) is 23.8 Å². The van der Waals surface area contributed by atoms with Crippen molar-refractivity contribution in [2.75, 3.05) is 19.6 Å². The van der Waals surface area contributed by atoms with E-state index in [0.29, 0.717) is 12.6 Å². The standard InChI is InChI=1S/C16H21FN4S/c1-12-8-20(10-15-11-22-13(2)19-15)5-6-21(12)9-14-3-4-18-7-16(14)17/h3-4,7,11-12H,5-6,8-10H2,1-2H3. The second-order valence-electron chi connectivity index (χ2n) is 5.88. The lowest BCUT2D eigenvalue weighted by Gasteiger charge is -2.39. The predicted octanol–water partition coefficient (Wildman–Crippen LogP) is 2.69. The molecule has 0 aliphatic carbocycles. The second kappa shape index (κ2) is 6.81. The summed E-state index contributed by atoms with van der Waals surface area (Å²) in [6.07, 6.45) is 2.95. The molecule has 0 radical (unpaired) electrons. The highest BCUT2D eigenvalue weighted by Crippen LogP contribution is 2.18. The fourth-order valence-electron chi connectivity index (χ4n) is 2.91. The average Bonchev–Trinajstić information content (AvgIpc) is 2.89. The van der Waals surface area contributed by atoms with Gasteiger partial charge in [-0.25, -0.2) is 9.37 Å². The lowest BCUT2D eigenvalue weighted by molar-refractivity contribution is 0.0718. The van der Waals surface area contributed by atoms with E-state index in [1.807, 2.05) is 6.92 Å². The molecule has 118 valence electrons. The van der Waals surface area contributed by atoms with Crippen LogP contribution < -0.4 is 0 Å². The van der Waals surface area contributed by atoms with Gasteiger partial charge in [-0.3, -0.25) is 14.8 Å². The fraction of sp³-hybridized carbons (Fsp3) is 0.500. The van der Waals surface area contributed by atoms with Gasteiger partial charge < -0.3 is 0 Å². The van der Waals surface area contributed by atoms with E-state index >= 15 is 0 Å². The summed E-state index contributed by atoms with van der Waals surface area (Å²) in [7, 11) is 0. The van der Waals surface area contributed by atoms with Crippen LogP contribution in [0, 0.1) is 12.7 Å². The van der Waals surface area contributed by atoms with Crippen molar-refractivity contribution in [1.82, 2.24) is 19.8 Å². The molecule has 3 heterocycles. The minimum absolute atomic E-state index is 0.213. The third-order valence-corrected chi connectivity index (χ3v) is 4.95. The second-order valence-corrected chi connectivity index (χ2v) is 6.94. The molecule has 0 saturated carbocycles. The van der Waals surface area contributed by atoms with Crippen LogP contribution in [0.4, 0.5) is 4.39 Å². The van der Waals surface area contributed by atoms with Gasteiger partial charge in [0.1, 0.15) is 5.82 Å². The summed E-state index contributed by atoms with van der Waals surface area (Å²) in [5, 5.41) is 3.26. The van der Waals surface area contributed by atoms with Gasteiger partial charge in [-0.2, -0.15) is 0 Å². The van der Waals surface area contributed by atoms with Crippen molar-refractivity contribution in [2.24, 2.45) is 0 Å². The van der Waals surface area contributed by atoms with E-state index in [0.717, 1.165) is 42.4 Å². The number of aryl methyl sites for hydroxylation is 1. The predicted molar refractivity (Wildman–Crippen MR) is 86.2 cm³/mol. The number of hydrogen-bond donors (Lipinski definition) is 0. The average molecular weight is 320 g/mol. The van der Waals surface area contributed by atoms with Crippen LogP contribution in [0.3, 0.4) is 0 Å². The van der Waals surface area contributed by atoms with E-state index in [4.69, 9.17) is 0 Å². The molecule has 0 bridgehead atoms. The van der Waals surface area contributed by atoms with Gasteiger partial charge in [-0.1, -0.05) is 0 Å². The Morgan fingerprint density at radius 2 is 2.23 bits per heavy atom. The Hall–Kier alpha value is -1.37. The maximum atomic E-state index is 13.7. The van der Waals surface area contributed by atoms with Crippen LogP contribution in [0.5, 0.6) is 0 Å². The minimum Gasteiger partial charge on any atom is -0.295 e. The molecule has 1 saturated heterocycles. The lowest BCUT2D eigenvalue weighted by atomic mass is 10.1. The number of pyridine rings is 1. The van der Waals surface area contributed by atoms with Crippen LogP contribution in [0.1, 0.15) is 23.2 Å². The molecule has 1 aliphatic rings. The molecule has 1 atom stereocenters. The lowest BCUT2D eigenvalue weighted by Crippen LogP contribution is -2.51. The number of thiazole rings is 1. The monoisotopic (exact) mass is 320 g/mol. The van der Waals surface area contributed by atoms with Crippen LogP contribution >= 0.6 is 11.3 Å². The molecule has 6 heteroatoms. The number of halogens is 1. The Morgan fingerprint density at radius 1 is 1.36 bits per heavy atom. The molecule has 4 nitrogen and oxygen atoms in total. The third-order valence-electron chi connectivity index (χ3n) is 4.13. The zero-order valence-electron chi connectivity index (χ0n) is 13.0. The molecule has 0 N–H and O–H groups in total. The normalized spacial score (nSPS) is 20.4. The Kier molecular flexibility index (Phi) is 4.81. The van der Waals surface area contributed by atoms with Crippen LogP contribution in [0.2, 0.25) is 0 Å². The molecule has 3 rings (SSSR count). The highest BCUT2D eigenvalue weighted by Gasteiger charge is 2.24. The first kappa shape index (κ1) is 15.5. The molecule has 22 heavy (non-hydrogen) atoms. The van der Waals surface area contributed by atoms with Gasteiger partial charge in [0, 0.05) is 55.9 Å². The SMILES string of the molecule is Cc1nc(CN2CCN(Cc3ccncc3F)C(C)C2)cs1. The first-order valence-electron chi connectivity index (χ1n) is 7.57. The summed E-state index contributed by atoms with van der Waals surface area (Å²) in [5.41, 5.74) is 1.88. The van der Waals surface area contributed by atoms with Gasteiger partial charge in [0.25, 0.3) is 0 Å². The highest BCUT2D eigenvalue weighted by molar-refractivity contribution is 7.09. The number of rotatable bonds is 4. The fourth-order valence-corrected chi connectivity index (χ4v) is 3.51. The van der Waals surface area contributed by atoms with Crippen molar-refractivity contribution in [1.29, 1.82) is 0 Å². The minimum atomic E-state index is -0.213. The quantitative estimate of drug-likeness (QED) is 0.867. The van der Waals surface area contributed by atoms with Crippen LogP contribution in [-0.4, -0.2) is 45.4 Å². The van der Waals surface area contributed by atoms with Crippen molar-refractivity contribution in [3.63, 3.8) is 0 Å². The number of piperazine rings is 1. The molecular formula is C16H21FN4S. The van der Waals surface area contributed by atoms with E-state index in [9.17, 15) is 4.39 Å². The molecule has 0 amide bonds. The van der Waals surface area contributed by atoms with E-state index < -0.39 is 0 Å². The molecule has 1 unspecified atom stereocenters. The van der Waals surface area contributed by atoms with E-state index in [-0.39, 0.29) is 5.82 Å². The Bertz CT molecular complexity index is 630. The van der Waals surface area contributed by atoms with Gasteiger partial charge in [-0.15, -0.1) is 11.3 Å². The summed E-state index contributed by atoms with van der Waals surface area (Å²) >= 11 is 1.70. The Labute approximate surface area is 134 Å². The molecule has 1 fully saturated rings. The summed E-state index contributed by atoms with van der Waals surface area (Å²) < 4.78 is 13.7. The smallest absolute Gasteiger partial charge is 0.145 e. The van der Waals surface area contributed by atoms with Crippen molar-refractivity contribution in [2.45, 2.75) is 33.0 Å². The molecule has 1 aliphatic heterocycles. The number of hydrogen-bond acceptors (Lipinski definition) is 5. The first-order valence-corrected chi connectivity index (χ1v) is 8.45. The summed E-state index contributed by atoms with van der Waals surface area (Å²) in [6.45, 7) is 8.74. The van der Waals surface area contributed by atoms with Crippen LogP contribution in [0.25, 0.3) is 0 Å². The number of aromatic nitrogens is 2. The first-order chi connectivity index (χ1) is 10.6. The molecule has 2 aromatic rings. The van der Waals surface area contributed by atoms with Crippen molar-refractivity contribution in [3.05, 3.63) is 45.9 Å². The summed E-state index contributed by atoms with van der Waals surface area (Å²) in [6, 6.07) is 2.17. The Morgan fingerprint density at radius 3 is 2.91 bits per heavy atom. The summed E-state index contributed by atoms with van der Waals surface area (Å²) in [5.74, 6) is -0.213. The van der Waals surface area contributed by atoms with Gasteiger partial charge >= 0.3 is 0 Å². The molecule has 0 aromatic carbocycles.